The number of nitrogens with one attached hydrogen (secondary N) is 2. The molecule has 1 aromatic carbocycles. The van der Waals surface area contributed by atoms with Crippen molar-refractivity contribution in [3.8, 4) is 0 Å². The number of nitrogens with zero attached hydrogens (tertiary/aromatic N) is 1. The van der Waals surface area contributed by atoms with Crippen molar-refractivity contribution in [2.75, 3.05) is 13.2 Å². The van der Waals surface area contributed by atoms with Gasteiger partial charge in [0, 0.05) is 24.7 Å². The number of carbonyl (C=O) groups excluding carboxylic acids is 1. The smallest absolute Gasteiger partial charge is 0.407 e. The molecule has 3 rings (SSSR count). The second kappa shape index (κ2) is 10.1. The van der Waals surface area contributed by atoms with Crippen LogP contribution in [-0.4, -0.2) is 49.4 Å². The summed E-state index contributed by atoms with van der Waals surface area (Å²) in [5, 5.41) is 2.43. The molecule has 0 aliphatic carbocycles. The quantitative estimate of drug-likeness (QED) is 0.423. The Balaban J connectivity index is 1.84. The van der Waals surface area contributed by atoms with Crippen molar-refractivity contribution in [1.29, 1.82) is 0 Å². The van der Waals surface area contributed by atoms with Gasteiger partial charge in [-0.05, 0) is 26.0 Å². The van der Waals surface area contributed by atoms with E-state index < -0.39 is 45.9 Å². The molecule has 2 N–H and O–H groups in total. The monoisotopic (exact) mass is 479 g/mol. The van der Waals surface area contributed by atoms with E-state index in [1.54, 1.807) is 12.1 Å². The third-order valence-corrected chi connectivity index (χ3v) is 6.32. The normalized spacial score (nSPS) is 20.4. The largest absolute Gasteiger partial charge is 0.447 e. The summed E-state index contributed by atoms with van der Waals surface area (Å²) in [6, 6.07) is 6.11. The van der Waals surface area contributed by atoms with Gasteiger partial charge in [-0.25, -0.2) is 9.59 Å². The van der Waals surface area contributed by atoms with Crippen molar-refractivity contribution in [3.63, 3.8) is 0 Å². The Kier molecular flexibility index (Phi) is 7.51. The Hall–Kier alpha value is -3.22. The average molecular weight is 480 g/mol. The number of benzene rings is 1. The first kappa shape index (κ1) is 24.4. The van der Waals surface area contributed by atoms with E-state index in [1.807, 2.05) is 6.92 Å². The molecule has 0 radical (unpaired) electrons. The lowest BCUT2D eigenvalue weighted by molar-refractivity contribution is -0.0445. The lowest BCUT2D eigenvalue weighted by Crippen LogP contribution is -2.35. The van der Waals surface area contributed by atoms with Crippen LogP contribution in [0.25, 0.3) is 0 Å². The van der Waals surface area contributed by atoms with E-state index in [2.05, 4.69) is 16.9 Å². The van der Waals surface area contributed by atoms with Crippen molar-refractivity contribution < 1.29 is 26.9 Å². The summed E-state index contributed by atoms with van der Waals surface area (Å²) in [5.41, 5.74) is -0.113. The molecule has 0 spiro atoms. The third-order valence-electron chi connectivity index (χ3n) is 4.97. The molecule has 1 saturated heterocycles. The molecule has 2 heterocycles. The minimum Gasteiger partial charge on any atom is -0.447 e. The van der Waals surface area contributed by atoms with Crippen LogP contribution >= 0.6 is 0 Å². The highest BCUT2D eigenvalue weighted by Crippen LogP contribution is 2.32. The zero-order chi connectivity index (χ0) is 24.2. The molecule has 11 nitrogen and oxygen atoms in total. The van der Waals surface area contributed by atoms with Gasteiger partial charge in [0.15, 0.2) is 0 Å². The fourth-order valence-corrected chi connectivity index (χ4v) is 4.32. The molecule has 178 valence electrons. The third kappa shape index (κ3) is 5.97. The van der Waals surface area contributed by atoms with Crippen LogP contribution in [-0.2, 0) is 23.8 Å². The van der Waals surface area contributed by atoms with E-state index in [4.69, 9.17) is 13.7 Å². The molecule has 1 fully saturated rings. The Bertz CT molecular complexity index is 1230. The van der Waals surface area contributed by atoms with Crippen LogP contribution in [0.4, 0.5) is 4.79 Å². The van der Waals surface area contributed by atoms with Gasteiger partial charge < -0.3 is 14.8 Å². The maximum atomic E-state index is 12.8. The Morgan fingerprint density at radius 3 is 2.67 bits per heavy atom. The fraction of sp³-hybridized carbons (Fsp3) is 0.381. The van der Waals surface area contributed by atoms with Crippen molar-refractivity contribution in [2.24, 2.45) is 0 Å². The summed E-state index contributed by atoms with van der Waals surface area (Å²) in [6.45, 7) is 6.67. The van der Waals surface area contributed by atoms with Crippen LogP contribution in [0.5, 0.6) is 0 Å². The number of aromatic amines is 1. The number of hydrogen-bond donors (Lipinski definition) is 2. The molecule has 1 amide bonds. The maximum Gasteiger partial charge on any atom is 0.407 e. The number of aromatic nitrogens is 2. The van der Waals surface area contributed by atoms with Gasteiger partial charge >= 0.3 is 11.8 Å². The summed E-state index contributed by atoms with van der Waals surface area (Å²) in [6.07, 6.45) is -1.02. The van der Waals surface area contributed by atoms with E-state index in [9.17, 15) is 22.8 Å². The van der Waals surface area contributed by atoms with Crippen molar-refractivity contribution in [2.45, 2.75) is 43.6 Å². The molecular formula is C21H25N3O8S. The van der Waals surface area contributed by atoms with Crippen LogP contribution in [0, 0.1) is 13.8 Å². The van der Waals surface area contributed by atoms with E-state index in [0.29, 0.717) is 0 Å². The highest BCUT2D eigenvalue weighted by molar-refractivity contribution is 7.86. The van der Waals surface area contributed by atoms with E-state index in [0.717, 1.165) is 10.1 Å². The Labute approximate surface area is 190 Å². The summed E-state index contributed by atoms with van der Waals surface area (Å²) in [7, 11) is -4.17. The van der Waals surface area contributed by atoms with Gasteiger partial charge in [-0.3, -0.25) is 18.5 Å². The van der Waals surface area contributed by atoms with Gasteiger partial charge in [-0.2, -0.15) is 8.42 Å². The van der Waals surface area contributed by atoms with E-state index in [-0.39, 0.29) is 30.0 Å². The van der Waals surface area contributed by atoms with Crippen molar-refractivity contribution in [3.05, 3.63) is 75.1 Å². The Morgan fingerprint density at radius 2 is 2.00 bits per heavy atom. The van der Waals surface area contributed by atoms with Crippen LogP contribution < -0.4 is 16.6 Å². The van der Waals surface area contributed by atoms with Crippen molar-refractivity contribution in [1.82, 2.24) is 14.9 Å². The SMILES string of the molecule is C=CCNC(=O)OC[C@H]1O[C@@H](n2cc(C)c(=O)[nH]c2=O)C[C@@H]1OS(=O)(=O)c1ccc(C)cc1. The van der Waals surface area contributed by atoms with E-state index in [1.165, 1.54) is 31.3 Å². The molecule has 0 bridgehead atoms. The minimum absolute atomic E-state index is 0.0429. The number of amides is 1. The summed E-state index contributed by atoms with van der Waals surface area (Å²) in [4.78, 5) is 37.9. The summed E-state index contributed by atoms with van der Waals surface area (Å²) >= 11 is 0. The van der Waals surface area contributed by atoms with Gasteiger partial charge in [0.1, 0.15) is 25.0 Å². The average Bonchev–Trinajstić information content (AvgIpc) is 3.15. The number of H-pyrrole nitrogens is 1. The minimum atomic E-state index is -4.17. The zero-order valence-corrected chi connectivity index (χ0v) is 19.0. The molecular weight excluding hydrogens is 454 g/mol. The standard InChI is InChI=1S/C21H25N3O8S/c1-4-9-22-21(27)30-12-17-16(32-33(28,29)15-7-5-13(2)6-8-15)10-18(31-17)24-11-14(3)19(25)23-20(24)26/h4-8,11,16-18H,1,9-10,12H2,2-3H3,(H,22,27)(H,23,25,26)/t16-,17+,18+/m0/s1. The molecule has 1 aliphatic rings. The lowest BCUT2D eigenvalue weighted by atomic mass is 10.2. The van der Waals surface area contributed by atoms with Crippen LogP contribution in [0.2, 0.25) is 0 Å². The number of ether oxygens (including phenoxy) is 2. The molecule has 1 aromatic heterocycles. The second-order valence-electron chi connectivity index (χ2n) is 7.51. The van der Waals surface area contributed by atoms with Crippen LogP contribution in [0.15, 0.2) is 57.6 Å². The van der Waals surface area contributed by atoms with Gasteiger partial charge in [-0.1, -0.05) is 23.8 Å². The highest BCUT2D eigenvalue weighted by atomic mass is 32.2. The van der Waals surface area contributed by atoms with Gasteiger partial charge in [0.05, 0.1) is 4.90 Å². The van der Waals surface area contributed by atoms with Crippen LogP contribution in [0.3, 0.4) is 0 Å². The number of carbonyl (C=O) groups is 1. The number of hydrogen-bond acceptors (Lipinski definition) is 8. The molecule has 0 unspecified atom stereocenters. The first-order valence-electron chi connectivity index (χ1n) is 10.1. The predicted octanol–water partition coefficient (Wildman–Crippen LogP) is 1.13. The van der Waals surface area contributed by atoms with Crippen molar-refractivity contribution >= 4 is 16.2 Å². The van der Waals surface area contributed by atoms with Gasteiger partial charge in [0.2, 0.25) is 0 Å². The topological polar surface area (TPSA) is 146 Å². The maximum absolute atomic E-state index is 12.8. The molecule has 3 atom stereocenters. The molecule has 33 heavy (non-hydrogen) atoms. The highest BCUT2D eigenvalue weighted by Gasteiger charge is 2.41. The molecule has 12 heteroatoms. The number of alkyl carbamates (subject to hydrolysis) is 1. The lowest BCUT2D eigenvalue weighted by Gasteiger charge is -2.19. The molecule has 0 saturated carbocycles. The molecule has 1 aliphatic heterocycles. The second-order valence-corrected chi connectivity index (χ2v) is 9.09. The first-order valence-corrected chi connectivity index (χ1v) is 11.5. The number of rotatable bonds is 8. The fourth-order valence-electron chi connectivity index (χ4n) is 3.21. The number of aryl methyl sites for hydroxylation is 2. The van der Waals surface area contributed by atoms with Crippen LogP contribution in [0.1, 0.15) is 23.8 Å². The summed E-state index contributed by atoms with van der Waals surface area (Å²) < 4.78 is 43.1. The summed E-state index contributed by atoms with van der Waals surface area (Å²) in [5.74, 6) is 0. The first-order chi connectivity index (χ1) is 15.6. The predicted molar refractivity (Wildman–Crippen MR) is 117 cm³/mol. The van der Waals surface area contributed by atoms with Gasteiger partial charge in [-0.15, -0.1) is 6.58 Å². The Morgan fingerprint density at radius 1 is 1.30 bits per heavy atom. The zero-order valence-electron chi connectivity index (χ0n) is 18.1. The van der Waals surface area contributed by atoms with E-state index >= 15 is 0 Å². The molecule has 2 aromatic rings. The van der Waals surface area contributed by atoms with Gasteiger partial charge in [0.25, 0.3) is 15.7 Å².